The largest absolute Gasteiger partial charge is 0.481 e. The number of hydrogen-bond acceptors (Lipinski definition) is 4. The van der Waals surface area contributed by atoms with Crippen LogP contribution in [0.4, 0.5) is 0 Å². The van der Waals surface area contributed by atoms with E-state index in [0.29, 0.717) is 19.4 Å². The molecule has 6 atom stereocenters. The number of carboxylic acids is 1. The first kappa shape index (κ1) is 20.2. The molecule has 5 heteroatoms. The predicted octanol–water partition coefficient (Wildman–Crippen LogP) is 4.56. The average molecular weight is 376 g/mol. The first-order valence-corrected chi connectivity index (χ1v) is 10.4. The van der Waals surface area contributed by atoms with Gasteiger partial charge in [-0.2, -0.15) is 5.26 Å². The number of carbonyl (C=O) groups excluding carboxylic acids is 1. The number of fused-ring (bicyclic) bond motifs is 3. The number of carbonyl (C=O) groups is 2. The first-order valence-electron chi connectivity index (χ1n) is 10.4. The number of hydrogen-bond donors (Lipinski definition) is 1. The minimum absolute atomic E-state index is 0.0109. The quantitative estimate of drug-likeness (QED) is 0.731. The summed E-state index contributed by atoms with van der Waals surface area (Å²) in [6.07, 6.45) is 5.88. The van der Waals surface area contributed by atoms with E-state index >= 15 is 0 Å². The number of aliphatic carboxylic acids is 1. The SMILES string of the molecule is CCOC(=O)[C@]1(C)CCC[C@@]2(C)[C@@H]3CC[C@](C)(C#N)C[C@@]3(C(=O)O)CC[C@@H]21. The van der Waals surface area contributed by atoms with Crippen LogP contribution in [0.3, 0.4) is 0 Å². The molecular formula is C22H33NO4. The Balaban J connectivity index is 2.03. The predicted molar refractivity (Wildman–Crippen MR) is 101 cm³/mol. The summed E-state index contributed by atoms with van der Waals surface area (Å²) in [5.74, 6) is -0.725. The van der Waals surface area contributed by atoms with Gasteiger partial charge in [-0.1, -0.05) is 13.3 Å². The molecule has 0 spiro atoms. The fourth-order valence-corrected chi connectivity index (χ4v) is 7.22. The standard InChI is InChI=1S/C22H33NO4/c1-5-27-18(26)21(4)10-6-9-20(3)15(21)8-12-22(17(24)25)13-19(2,14-23)11-7-16(20)22/h15-16H,5-13H2,1-4H3,(H,24,25)/t15-,16-,19-,20+,21+,22-/m0/s1. The Hall–Kier alpha value is -1.57. The zero-order valence-electron chi connectivity index (χ0n) is 17.1. The Kier molecular flexibility index (Phi) is 4.85. The van der Waals surface area contributed by atoms with E-state index in [-0.39, 0.29) is 23.2 Å². The summed E-state index contributed by atoms with van der Waals surface area (Å²) in [4.78, 5) is 25.4. The van der Waals surface area contributed by atoms with E-state index in [1.807, 2.05) is 20.8 Å². The van der Waals surface area contributed by atoms with Crippen molar-refractivity contribution in [3.05, 3.63) is 0 Å². The summed E-state index contributed by atoms with van der Waals surface area (Å²) in [5.41, 5.74) is -2.16. The highest BCUT2D eigenvalue weighted by molar-refractivity contribution is 5.78. The van der Waals surface area contributed by atoms with Crippen LogP contribution in [0, 0.1) is 44.8 Å². The minimum atomic E-state index is -0.846. The molecule has 0 aliphatic heterocycles. The van der Waals surface area contributed by atoms with Crippen molar-refractivity contribution in [2.75, 3.05) is 6.61 Å². The highest BCUT2D eigenvalue weighted by atomic mass is 16.5. The normalized spacial score (nSPS) is 46.5. The van der Waals surface area contributed by atoms with E-state index in [0.717, 1.165) is 38.5 Å². The molecule has 0 radical (unpaired) electrons. The molecule has 3 aliphatic rings. The van der Waals surface area contributed by atoms with Crippen molar-refractivity contribution in [3.8, 4) is 6.07 Å². The summed E-state index contributed by atoms with van der Waals surface area (Å²) in [5, 5.41) is 19.9. The molecule has 1 N–H and O–H groups in total. The maximum absolute atomic E-state index is 12.9. The molecule has 150 valence electrons. The lowest BCUT2D eigenvalue weighted by atomic mass is 9.39. The second-order valence-corrected chi connectivity index (χ2v) is 9.99. The van der Waals surface area contributed by atoms with Gasteiger partial charge in [0.1, 0.15) is 0 Å². The molecule has 0 unspecified atom stereocenters. The number of esters is 1. The second-order valence-electron chi connectivity index (χ2n) is 9.99. The zero-order chi connectivity index (χ0) is 20.1. The maximum atomic E-state index is 12.9. The van der Waals surface area contributed by atoms with Gasteiger partial charge in [-0.25, -0.2) is 0 Å². The van der Waals surface area contributed by atoms with Crippen LogP contribution in [-0.2, 0) is 14.3 Å². The molecule has 0 saturated heterocycles. The number of nitrogens with zero attached hydrogens (tertiary/aromatic N) is 1. The molecular weight excluding hydrogens is 342 g/mol. The molecule has 0 aromatic heterocycles. The van der Waals surface area contributed by atoms with E-state index in [9.17, 15) is 20.0 Å². The molecule has 3 rings (SSSR count). The zero-order valence-corrected chi connectivity index (χ0v) is 17.1. The van der Waals surface area contributed by atoms with E-state index < -0.39 is 22.2 Å². The second kappa shape index (κ2) is 6.50. The summed E-state index contributed by atoms with van der Waals surface area (Å²) in [7, 11) is 0. The Morgan fingerprint density at radius 2 is 1.78 bits per heavy atom. The van der Waals surface area contributed by atoms with Crippen LogP contribution in [0.25, 0.3) is 0 Å². The molecule has 0 amide bonds. The van der Waals surface area contributed by atoms with E-state index in [4.69, 9.17) is 4.74 Å². The Morgan fingerprint density at radius 3 is 2.37 bits per heavy atom. The molecule has 0 aromatic rings. The lowest BCUT2D eigenvalue weighted by Crippen LogP contribution is -2.62. The Labute approximate surface area is 162 Å². The number of carboxylic acid groups (broad SMARTS) is 1. The monoisotopic (exact) mass is 375 g/mol. The van der Waals surface area contributed by atoms with Crippen molar-refractivity contribution in [2.24, 2.45) is 33.5 Å². The van der Waals surface area contributed by atoms with Crippen molar-refractivity contribution in [1.82, 2.24) is 0 Å². The van der Waals surface area contributed by atoms with Crippen LogP contribution >= 0.6 is 0 Å². The molecule has 3 saturated carbocycles. The molecule has 5 nitrogen and oxygen atoms in total. The van der Waals surface area contributed by atoms with Crippen LogP contribution in [-0.4, -0.2) is 23.7 Å². The van der Waals surface area contributed by atoms with Gasteiger partial charge < -0.3 is 9.84 Å². The third kappa shape index (κ3) is 2.79. The van der Waals surface area contributed by atoms with Gasteiger partial charge >= 0.3 is 11.9 Å². The molecule has 3 fully saturated rings. The average Bonchev–Trinajstić information content (AvgIpc) is 2.61. The maximum Gasteiger partial charge on any atom is 0.312 e. The van der Waals surface area contributed by atoms with E-state index in [1.54, 1.807) is 0 Å². The van der Waals surface area contributed by atoms with Crippen molar-refractivity contribution in [1.29, 1.82) is 5.26 Å². The fourth-order valence-electron chi connectivity index (χ4n) is 7.22. The molecule has 0 heterocycles. The summed E-state index contributed by atoms with van der Waals surface area (Å²) >= 11 is 0. The molecule has 0 aromatic carbocycles. The van der Waals surface area contributed by atoms with Gasteiger partial charge in [0.15, 0.2) is 0 Å². The van der Waals surface area contributed by atoms with Gasteiger partial charge in [0.25, 0.3) is 0 Å². The molecule has 27 heavy (non-hydrogen) atoms. The topological polar surface area (TPSA) is 87.4 Å². The van der Waals surface area contributed by atoms with Crippen molar-refractivity contribution >= 4 is 11.9 Å². The lowest BCUT2D eigenvalue weighted by Gasteiger charge is -2.64. The van der Waals surface area contributed by atoms with Gasteiger partial charge in [-0.05, 0) is 83.0 Å². The van der Waals surface area contributed by atoms with Gasteiger partial charge in [-0.3, -0.25) is 9.59 Å². The number of rotatable bonds is 3. The van der Waals surface area contributed by atoms with Gasteiger partial charge in [-0.15, -0.1) is 0 Å². The van der Waals surface area contributed by atoms with Crippen LogP contribution in [0.2, 0.25) is 0 Å². The lowest BCUT2D eigenvalue weighted by molar-refractivity contribution is -0.202. The number of ether oxygens (including phenoxy) is 1. The fraction of sp³-hybridized carbons (Fsp3) is 0.864. The van der Waals surface area contributed by atoms with E-state index in [1.165, 1.54) is 0 Å². The summed E-state index contributed by atoms with van der Waals surface area (Å²) in [6.45, 7) is 8.37. The summed E-state index contributed by atoms with van der Waals surface area (Å²) in [6, 6.07) is 2.39. The Morgan fingerprint density at radius 1 is 1.11 bits per heavy atom. The van der Waals surface area contributed by atoms with Gasteiger partial charge in [0, 0.05) is 0 Å². The van der Waals surface area contributed by atoms with Crippen LogP contribution in [0.15, 0.2) is 0 Å². The minimum Gasteiger partial charge on any atom is -0.481 e. The van der Waals surface area contributed by atoms with Crippen LogP contribution in [0.5, 0.6) is 0 Å². The highest BCUT2D eigenvalue weighted by Gasteiger charge is 2.67. The third-order valence-electron chi connectivity index (χ3n) is 8.45. The highest BCUT2D eigenvalue weighted by Crippen LogP contribution is 2.69. The van der Waals surface area contributed by atoms with Crippen molar-refractivity contribution in [2.45, 2.75) is 79.1 Å². The first-order chi connectivity index (χ1) is 12.6. The van der Waals surface area contributed by atoms with Crippen molar-refractivity contribution in [3.63, 3.8) is 0 Å². The summed E-state index contributed by atoms with van der Waals surface area (Å²) < 4.78 is 5.44. The van der Waals surface area contributed by atoms with Crippen LogP contribution in [0.1, 0.15) is 79.1 Å². The third-order valence-corrected chi connectivity index (χ3v) is 8.45. The molecule has 3 aliphatic carbocycles. The van der Waals surface area contributed by atoms with Gasteiger partial charge in [0.2, 0.25) is 0 Å². The number of nitriles is 1. The Bertz CT molecular complexity index is 684. The smallest absolute Gasteiger partial charge is 0.312 e. The van der Waals surface area contributed by atoms with E-state index in [2.05, 4.69) is 13.0 Å². The molecule has 0 bridgehead atoms. The van der Waals surface area contributed by atoms with Gasteiger partial charge in [0.05, 0.1) is 28.9 Å². The van der Waals surface area contributed by atoms with Crippen molar-refractivity contribution < 1.29 is 19.4 Å². The van der Waals surface area contributed by atoms with Crippen LogP contribution < -0.4 is 0 Å².